The average Bonchev–Trinajstić information content (AvgIpc) is 3.43. The summed E-state index contributed by atoms with van der Waals surface area (Å²) in [6.45, 7) is 4.14. The summed E-state index contributed by atoms with van der Waals surface area (Å²) in [5, 5.41) is 54.5. The smallest absolute Gasteiger partial charge is 0.305 e. The maximum Gasteiger partial charge on any atom is 0.305 e. The Kier molecular flexibility index (Phi) is 51.5. The van der Waals surface area contributed by atoms with E-state index in [9.17, 15) is 35.1 Å². The molecule has 1 heterocycles. The van der Waals surface area contributed by atoms with Gasteiger partial charge in [-0.3, -0.25) is 9.59 Å². The van der Waals surface area contributed by atoms with Gasteiger partial charge in [0, 0.05) is 12.8 Å². The van der Waals surface area contributed by atoms with Crippen molar-refractivity contribution in [2.45, 2.75) is 314 Å². The van der Waals surface area contributed by atoms with Gasteiger partial charge in [-0.25, -0.2) is 0 Å². The second-order valence-corrected chi connectivity index (χ2v) is 21.7. The monoisotopic (exact) mass is 1080 g/mol. The number of esters is 1. The summed E-state index contributed by atoms with van der Waals surface area (Å²) < 4.78 is 16.6. The van der Waals surface area contributed by atoms with E-state index < -0.39 is 49.5 Å². The molecule has 1 rings (SSSR count). The first-order chi connectivity index (χ1) is 37.7. The predicted octanol–water partition coefficient (Wildman–Crippen LogP) is 15.2. The van der Waals surface area contributed by atoms with Crippen molar-refractivity contribution in [3.8, 4) is 0 Å². The van der Waals surface area contributed by atoms with Gasteiger partial charge in [0.25, 0.3) is 0 Å². The number of hydrogen-bond acceptors (Lipinski definition) is 10. The fourth-order valence-electron chi connectivity index (χ4n) is 9.50. The van der Waals surface area contributed by atoms with E-state index in [0.29, 0.717) is 19.4 Å². The lowest BCUT2D eigenvalue weighted by molar-refractivity contribution is -0.302. The Morgan fingerprint density at radius 1 is 0.481 bits per heavy atom. The van der Waals surface area contributed by atoms with E-state index in [0.717, 1.165) is 89.9 Å². The summed E-state index contributed by atoms with van der Waals surface area (Å²) in [5.41, 5.74) is 0. The number of aliphatic hydroxyl groups is 5. The molecule has 1 saturated heterocycles. The third-order valence-corrected chi connectivity index (χ3v) is 14.5. The Hall–Kier alpha value is -2.90. The number of allylic oxidation sites excluding steroid dienone is 10. The quantitative estimate of drug-likeness (QED) is 0.0195. The third-order valence-electron chi connectivity index (χ3n) is 14.5. The van der Waals surface area contributed by atoms with E-state index in [4.69, 9.17) is 14.2 Å². The second kappa shape index (κ2) is 55.0. The minimum absolute atomic E-state index is 0.0650. The van der Waals surface area contributed by atoms with Crippen molar-refractivity contribution in [1.29, 1.82) is 0 Å². The molecule has 0 aromatic carbocycles. The van der Waals surface area contributed by atoms with E-state index in [-0.39, 0.29) is 18.5 Å². The average molecular weight is 1080 g/mol. The van der Waals surface area contributed by atoms with Gasteiger partial charge in [0.1, 0.15) is 24.4 Å². The first-order valence-corrected chi connectivity index (χ1v) is 31.7. The number of nitrogens with one attached hydrogen (secondary N) is 1. The maximum absolute atomic E-state index is 13.1. The molecule has 0 bridgehead atoms. The molecule has 1 amide bonds. The third kappa shape index (κ3) is 44.5. The fraction of sp³-hybridized carbons (Fsp3) is 0.788. The Morgan fingerprint density at radius 2 is 0.909 bits per heavy atom. The highest BCUT2D eigenvalue weighted by Crippen LogP contribution is 2.23. The lowest BCUT2D eigenvalue weighted by Crippen LogP contribution is -2.60. The molecule has 1 aliphatic heterocycles. The number of unbranched alkanes of at least 4 members (excludes halogenated alkanes) is 30. The molecular formula is C66H117NO10. The molecular weight excluding hydrogens is 967 g/mol. The van der Waals surface area contributed by atoms with Crippen LogP contribution in [0, 0.1) is 0 Å². The van der Waals surface area contributed by atoms with Crippen LogP contribution in [0.15, 0.2) is 72.9 Å². The van der Waals surface area contributed by atoms with Gasteiger partial charge in [0.05, 0.1) is 32.0 Å². The van der Waals surface area contributed by atoms with Gasteiger partial charge >= 0.3 is 5.97 Å². The number of rotatable bonds is 54. The molecule has 77 heavy (non-hydrogen) atoms. The molecule has 1 fully saturated rings. The number of carbonyl (C=O) groups is 2. The first-order valence-electron chi connectivity index (χ1n) is 31.7. The van der Waals surface area contributed by atoms with Gasteiger partial charge in [0.15, 0.2) is 6.29 Å². The Labute approximate surface area is 471 Å². The van der Waals surface area contributed by atoms with Crippen LogP contribution in [-0.2, 0) is 23.8 Å². The number of carbonyl (C=O) groups excluding carboxylic acids is 2. The van der Waals surface area contributed by atoms with Gasteiger partial charge < -0.3 is 45.1 Å². The van der Waals surface area contributed by atoms with Crippen molar-refractivity contribution in [3.05, 3.63) is 72.9 Å². The van der Waals surface area contributed by atoms with Crippen LogP contribution in [0.25, 0.3) is 0 Å². The maximum atomic E-state index is 13.1. The topological polar surface area (TPSA) is 175 Å². The molecule has 11 nitrogen and oxygen atoms in total. The van der Waals surface area contributed by atoms with E-state index in [2.05, 4.69) is 79.9 Å². The summed E-state index contributed by atoms with van der Waals surface area (Å²) in [7, 11) is 0. The van der Waals surface area contributed by atoms with Gasteiger partial charge in [-0.2, -0.15) is 0 Å². The Bertz CT molecular complexity index is 1510. The van der Waals surface area contributed by atoms with E-state index >= 15 is 0 Å². The summed E-state index contributed by atoms with van der Waals surface area (Å²) in [6.07, 6.45) is 62.9. The second-order valence-electron chi connectivity index (χ2n) is 21.7. The van der Waals surface area contributed by atoms with Crippen LogP contribution in [-0.4, -0.2) is 100 Å². The lowest BCUT2D eigenvalue weighted by Gasteiger charge is -2.40. The fourth-order valence-corrected chi connectivity index (χ4v) is 9.50. The zero-order valence-corrected chi connectivity index (χ0v) is 49.2. The summed E-state index contributed by atoms with van der Waals surface area (Å²) in [6, 6.07) is -0.834. The van der Waals surface area contributed by atoms with E-state index in [1.807, 2.05) is 6.08 Å². The molecule has 0 radical (unpaired) electrons. The van der Waals surface area contributed by atoms with Crippen LogP contribution in [0.1, 0.15) is 271 Å². The lowest BCUT2D eigenvalue weighted by atomic mass is 9.99. The molecule has 1 aliphatic rings. The van der Waals surface area contributed by atoms with Crippen molar-refractivity contribution < 1.29 is 49.3 Å². The normalized spacial score (nSPS) is 19.1. The molecule has 7 unspecified atom stereocenters. The largest absolute Gasteiger partial charge is 0.465 e. The van der Waals surface area contributed by atoms with Crippen LogP contribution >= 0.6 is 0 Å². The standard InChI is InChI=1S/C66H117NO10/c1-3-5-7-9-11-13-15-17-25-29-32-36-40-44-48-52-59(69)58(57-76-66-65(74)64(73)63(72)60(56-68)77-66)67-61(70)53-49-45-41-37-33-30-26-23-21-19-18-20-22-24-27-31-35-39-43-47-51-55-75-62(71)54-50-46-42-38-34-28-16-14-12-10-8-6-4-2/h8,10,14,16,31-32,35-36,43,47-48,52,58-60,63-66,68-69,72-74H,3-7,9,11-13,15,17-30,33-34,37-42,44-46,49-51,53-57H2,1-2H3,(H,67,70)/b10-8-,16-14-,35-31-,36-32+,47-43-,52-48+. The molecule has 11 heteroatoms. The molecule has 0 saturated carbocycles. The highest BCUT2D eigenvalue weighted by atomic mass is 16.7. The molecule has 0 aromatic heterocycles. The van der Waals surface area contributed by atoms with Crippen molar-refractivity contribution in [2.75, 3.05) is 19.8 Å². The predicted molar refractivity (Wildman–Crippen MR) is 319 cm³/mol. The summed E-state index contributed by atoms with van der Waals surface area (Å²) in [5.74, 6) is -0.262. The van der Waals surface area contributed by atoms with Crippen molar-refractivity contribution in [3.63, 3.8) is 0 Å². The number of hydrogen-bond donors (Lipinski definition) is 6. The number of aliphatic hydroxyl groups excluding tert-OH is 5. The molecule has 6 N–H and O–H groups in total. The van der Waals surface area contributed by atoms with Crippen LogP contribution in [0.4, 0.5) is 0 Å². The zero-order chi connectivity index (χ0) is 55.9. The summed E-state index contributed by atoms with van der Waals surface area (Å²) >= 11 is 0. The van der Waals surface area contributed by atoms with Crippen molar-refractivity contribution in [2.24, 2.45) is 0 Å². The summed E-state index contributed by atoms with van der Waals surface area (Å²) in [4.78, 5) is 25.1. The van der Waals surface area contributed by atoms with Crippen LogP contribution in [0.5, 0.6) is 0 Å². The van der Waals surface area contributed by atoms with Crippen LogP contribution in [0.2, 0.25) is 0 Å². The first kappa shape index (κ1) is 72.1. The molecule has 0 aromatic rings. The van der Waals surface area contributed by atoms with Crippen LogP contribution < -0.4 is 5.32 Å². The molecule has 446 valence electrons. The van der Waals surface area contributed by atoms with Crippen molar-refractivity contribution >= 4 is 11.9 Å². The van der Waals surface area contributed by atoms with Crippen molar-refractivity contribution in [1.82, 2.24) is 5.32 Å². The minimum Gasteiger partial charge on any atom is -0.465 e. The van der Waals surface area contributed by atoms with Gasteiger partial charge in [0.2, 0.25) is 5.91 Å². The minimum atomic E-state index is -1.58. The molecule has 0 spiro atoms. The van der Waals surface area contributed by atoms with E-state index in [1.165, 1.54) is 154 Å². The molecule has 7 atom stereocenters. The zero-order valence-electron chi connectivity index (χ0n) is 49.2. The van der Waals surface area contributed by atoms with Gasteiger partial charge in [-0.15, -0.1) is 0 Å². The highest BCUT2D eigenvalue weighted by molar-refractivity contribution is 5.76. The van der Waals surface area contributed by atoms with Crippen LogP contribution in [0.3, 0.4) is 0 Å². The number of ether oxygens (including phenoxy) is 3. The Morgan fingerprint density at radius 3 is 1.42 bits per heavy atom. The van der Waals surface area contributed by atoms with Gasteiger partial charge in [-0.05, 0) is 89.9 Å². The molecule has 0 aliphatic carbocycles. The van der Waals surface area contributed by atoms with E-state index in [1.54, 1.807) is 6.08 Å². The number of amides is 1. The SMILES string of the molecule is CCC/C=C\C/C=C\CCCCCCCC(=O)OCC/C=C\C/C=C\CCCCCCCCCCCCCCCCC(=O)NC(COC1OC(CO)C(O)C(O)C1O)C(O)/C=C/CC/C=C/CCCCCCCCCCC. The van der Waals surface area contributed by atoms with Gasteiger partial charge in [-0.1, -0.05) is 241 Å². The Balaban J connectivity index is 2.11. The highest BCUT2D eigenvalue weighted by Gasteiger charge is 2.44.